The molecule has 0 bridgehead atoms. The van der Waals surface area contributed by atoms with Gasteiger partial charge in [0.1, 0.15) is 0 Å². The Bertz CT molecular complexity index is 514. The van der Waals surface area contributed by atoms with Crippen LogP contribution in [-0.2, 0) is 0 Å². The molecule has 18 heavy (non-hydrogen) atoms. The van der Waals surface area contributed by atoms with E-state index < -0.39 is 0 Å². The van der Waals surface area contributed by atoms with Crippen LogP contribution in [0.3, 0.4) is 0 Å². The fourth-order valence-corrected chi connectivity index (χ4v) is 2.23. The third kappa shape index (κ3) is 2.78. The van der Waals surface area contributed by atoms with E-state index in [4.69, 9.17) is 5.73 Å². The summed E-state index contributed by atoms with van der Waals surface area (Å²) >= 11 is 0. The van der Waals surface area contributed by atoms with E-state index in [2.05, 4.69) is 54.4 Å². The van der Waals surface area contributed by atoms with Crippen molar-refractivity contribution < 1.29 is 0 Å². The second-order valence-corrected chi connectivity index (χ2v) is 4.39. The molecule has 2 aromatic rings. The molecule has 1 atom stereocenters. The van der Waals surface area contributed by atoms with Crippen LogP contribution in [0.4, 0.5) is 0 Å². The fraction of sp³-hybridized carbons (Fsp3) is 0.250. The molecule has 0 aromatic heterocycles. The fourth-order valence-electron chi connectivity index (χ4n) is 2.23. The number of nitrogens with two attached hydrogens (primary N) is 1. The van der Waals surface area contributed by atoms with Gasteiger partial charge in [-0.15, -0.1) is 6.58 Å². The van der Waals surface area contributed by atoms with Gasteiger partial charge >= 0.3 is 0 Å². The third-order valence-corrected chi connectivity index (χ3v) is 3.17. The Balaban J connectivity index is 2.29. The molecule has 0 radical (unpaired) electrons. The van der Waals surface area contributed by atoms with Crippen LogP contribution in [0.2, 0.25) is 0 Å². The summed E-state index contributed by atoms with van der Waals surface area (Å²) in [5.41, 5.74) is 7.17. The Labute approximate surface area is 109 Å². The molecule has 1 unspecified atom stereocenters. The molecule has 0 fully saturated rings. The normalized spacial score (nSPS) is 12.5. The summed E-state index contributed by atoms with van der Waals surface area (Å²) in [4.78, 5) is 0. The summed E-state index contributed by atoms with van der Waals surface area (Å²) in [5.74, 6) is 0. The van der Waals surface area contributed by atoms with Crippen molar-refractivity contribution in [1.29, 1.82) is 0 Å². The van der Waals surface area contributed by atoms with Gasteiger partial charge in [0.2, 0.25) is 0 Å². The molecule has 94 valence electrons. The Morgan fingerprint density at radius 2 is 1.94 bits per heavy atom. The monoisotopic (exact) mass is 240 g/mol. The molecule has 0 aliphatic carbocycles. The van der Waals surface area contributed by atoms with Crippen molar-refractivity contribution in [2.24, 2.45) is 5.73 Å². The summed E-state index contributed by atoms with van der Waals surface area (Å²) in [7, 11) is 0. The molecular weight excluding hydrogens is 220 g/mol. The average Bonchev–Trinajstić information content (AvgIpc) is 2.43. The summed E-state index contributed by atoms with van der Waals surface area (Å²) in [5, 5.41) is 6.02. The van der Waals surface area contributed by atoms with E-state index >= 15 is 0 Å². The van der Waals surface area contributed by atoms with E-state index in [0.717, 1.165) is 13.0 Å². The van der Waals surface area contributed by atoms with Crippen LogP contribution in [0.5, 0.6) is 0 Å². The number of nitrogens with one attached hydrogen (secondary N) is 1. The molecule has 0 amide bonds. The molecule has 2 heteroatoms. The highest BCUT2D eigenvalue weighted by Crippen LogP contribution is 2.23. The zero-order valence-corrected chi connectivity index (χ0v) is 10.6. The van der Waals surface area contributed by atoms with Crippen LogP contribution in [0.15, 0.2) is 55.1 Å². The molecular formula is C16H20N2. The van der Waals surface area contributed by atoms with Gasteiger partial charge < -0.3 is 11.1 Å². The molecule has 0 aliphatic heterocycles. The molecule has 0 aliphatic rings. The minimum Gasteiger partial charge on any atom is -0.329 e. The Kier molecular flexibility index (Phi) is 4.51. The van der Waals surface area contributed by atoms with Gasteiger partial charge in [0, 0.05) is 12.6 Å². The molecule has 0 heterocycles. The lowest BCUT2D eigenvalue weighted by molar-refractivity contribution is 0.551. The maximum absolute atomic E-state index is 5.89. The highest BCUT2D eigenvalue weighted by molar-refractivity contribution is 5.86. The standard InChI is InChI=1S/C16H20N2/c1-2-3-11-18-16(12-17)15-10-6-8-13-7-4-5-9-14(13)15/h2,4-10,16,18H,1,3,11-12,17H2. The first kappa shape index (κ1) is 12.8. The largest absolute Gasteiger partial charge is 0.329 e. The SMILES string of the molecule is C=CCCNC(CN)c1cccc2ccccc12. The maximum Gasteiger partial charge on any atom is 0.0450 e. The lowest BCUT2D eigenvalue weighted by atomic mass is 9.98. The molecule has 0 spiro atoms. The molecule has 2 nitrogen and oxygen atoms in total. The van der Waals surface area contributed by atoms with Crippen molar-refractivity contribution in [1.82, 2.24) is 5.32 Å². The van der Waals surface area contributed by atoms with E-state index in [9.17, 15) is 0 Å². The van der Waals surface area contributed by atoms with Crippen molar-refractivity contribution in [3.8, 4) is 0 Å². The average molecular weight is 240 g/mol. The molecule has 3 N–H and O–H groups in total. The molecule has 2 rings (SSSR count). The zero-order chi connectivity index (χ0) is 12.8. The number of rotatable bonds is 6. The van der Waals surface area contributed by atoms with Crippen molar-refractivity contribution in [2.75, 3.05) is 13.1 Å². The van der Waals surface area contributed by atoms with E-state index in [1.54, 1.807) is 0 Å². The van der Waals surface area contributed by atoms with E-state index in [1.807, 2.05) is 6.08 Å². The topological polar surface area (TPSA) is 38.0 Å². The predicted octanol–water partition coefficient (Wildman–Crippen LogP) is 3.01. The van der Waals surface area contributed by atoms with Crippen LogP contribution < -0.4 is 11.1 Å². The molecule has 2 aromatic carbocycles. The van der Waals surface area contributed by atoms with Gasteiger partial charge in [-0.3, -0.25) is 0 Å². The molecule has 0 saturated heterocycles. The highest BCUT2D eigenvalue weighted by atomic mass is 14.9. The van der Waals surface area contributed by atoms with Crippen molar-refractivity contribution >= 4 is 10.8 Å². The second kappa shape index (κ2) is 6.34. The molecule has 0 saturated carbocycles. The number of hydrogen-bond donors (Lipinski definition) is 2. The van der Waals surface area contributed by atoms with Gasteiger partial charge in [-0.25, -0.2) is 0 Å². The van der Waals surface area contributed by atoms with Crippen LogP contribution in [0, 0.1) is 0 Å². The first-order valence-corrected chi connectivity index (χ1v) is 6.39. The first-order chi connectivity index (χ1) is 8.86. The van der Waals surface area contributed by atoms with E-state index in [0.29, 0.717) is 6.54 Å². The Morgan fingerprint density at radius 3 is 2.72 bits per heavy atom. The number of benzene rings is 2. The van der Waals surface area contributed by atoms with Gasteiger partial charge in [-0.05, 0) is 29.3 Å². The smallest absolute Gasteiger partial charge is 0.0450 e. The van der Waals surface area contributed by atoms with Gasteiger partial charge in [0.25, 0.3) is 0 Å². The summed E-state index contributed by atoms with van der Waals surface area (Å²) in [6, 6.07) is 15.0. The highest BCUT2D eigenvalue weighted by Gasteiger charge is 2.11. The zero-order valence-electron chi connectivity index (χ0n) is 10.6. The Hall–Kier alpha value is -1.64. The summed E-state index contributed by atoms with van der Waals surface area (Å²) < 4.78 is 0. The van der Waals surface area contributed by atoms with E-state index in [1.165, 1.54) is 16.3 Å². The van der Waals surface area contributed by atoms with Crippen LogP contribution in [-0.4, -0.2) is 13.1 Å². The van der Waals surface area contributed by atoms with Gasteiger partial charge in [0.05, 0.1) is 0 Å². The first-order valence-electron chi connectivity index (χ1n) is 6.39. The van der Waals surface area contributed by atoms with Gasteiger partial charge in [-0.1, -0.05) is 48.5 Å². The van der Waals surface area contributed by atoms with Crippen LogP contribution in [0.25, 0.3) is 10.8 Å². The third-order valence-electron chi connectivity index (χ3n) is 3.17. The van der Waals surface area contributed by atoms with Crippen LogP contribution >= 0.6 is 0 Å². The van der Waals surface area contributed by atoms with E-state index in [-0.39, 0.29) is 6.04 Å². The second-order valence-electron chi connectivity index (χ2n) is 4.39. The lowest BCUT2D eigenvalue weighted by Crippen LogP contribution is -2.29. The summed E-state index contributed by atoms with van der Waals surface area (Å²) in [6.45, 7) is 5.25. The van der Waals surface area contributed by atoms with Crippen molar-refractivity contribution in [3.63, 3.8) is 0 Å². The minimum atomic E-state index is 0.205. The predicted molar refractivity (Wildman–Crippen MR) is 78.6 cm³/mol. The maximum atomic E-state index is 5.89. The van der Waals surface area contributed by atoms with Gasteiger partial charge in [-0.2, -0.15) is 0 Å². The quantitative estimate of drug-likeness (QED) is 0.601. The number of hydrogen-bond acceptors (Lipinski definition) is 2. The van der Waals surface area contributed by atoms with Crippen molar-refractivity contribution in [2.45, 2.75) is 12.5 Å². The lowest BCUT2D eigenvalue weighted by Gasteiger charge is -2.19. The van der Waals surface area contributed by atoms with Gasteiger partial charge in [0.15, 0.2) is 0 Å². The van der Waals surface area contributed by atoms with Crippen LogP contribution in [0.1, 0.15) is 18.0 Å². The summed E-state index contributed by atoms with van der Waals surface area (Å²) in [6.07, 6.45) is 2.88. The number of fused-ring (bicyclic) bond motifs is 1. The Morgan fingerprint density at radius 1 is 1.17 bits per heavy atom. The minimum absolute atomic E-state index is 0.205. The van der Waals surface area contributed by atoms with Crippen molar-refractivity contribution in [3.05, 3.63) is 60.7 Å².